The molecule has 0 fully saturated rings. The topological polar surface area (TPSA) is 26.0 Å². The highest BCUT2D eigenvalue weighted by molar-refractivity contribution is 9.11. The first kappa shape index (κ1) is 13.6. The lowest BCUT2D eigenvalue weighted by Gasteiger charge is -2.12. The number of hydrogen-bond acceptors (Lipinski definition) is 2. The number of benzene rings is 1. The second-order valence-corrected chi connectivity index (χ2v) is 7.35. The van der Waals surface area contributed by atoms with Crippen LogP contribution in [0.5, 0.6) is 0 Å². The van der Waals surface area contributed by atoms with Crippen LogP contribution in [0.15, 0.2) is 39.3 Å². The second kappa shape index (κ2) is 5.85. The van der Waals surface area contributed by atoms with E-state index < -0.39 is 0 Å². The average Bonchev–Trinajstić information content (AvgIpc) is 2.62. The molecular formula is C12H10Br2ClNS. The molecule has 0 bridgehead atoms. The molecule has 0 saturated carbocycles. The summed E-state index contributed by atoms with van der Waals surface area (Å²) in [5.74, 6) is 0. The van der Waals surface area contributed by atoms with Crippen LogP contribution in [-0.2, 0) is 6.42 Å². The largest absolute Gasteiger partial charge is 0.324 e. The molecule has 2 rings (SSSR count). The Kier molecular flexibility index (Phi) is 4.66. The van der Waals surface area contributed by atoms with E-state index in [0.29, 0.717) is 0 Å². The molecule has 2 aromatic rings. The zero-order valence-corrected chi connectivity index (χ0v) is 13.5. The number of nitrogens with two attached hydrogens (primary N) is 1. The lowest BCUT2D eigenvalue weighted by molar-refractivity contribution is 0.729. The van der Waals surface area contributed by atoms with Gasteiger partial charge in [-0.2, -0.15) is 0 Å². The van der Waals surface area contributed by atoms with E-state index in [0.717, 1.165) is 25.3 Å². The molecule has 90 valence electrons. The lowest BCUT2D eigenvalue weighted by atomic mass is 10.0. The van der Waals surface area contributed by atoms with Crippen LogP contribution in [0.2, 0.25) is 4.34 Å². The van der Waals surface area contributed by atoms with E-state index in [-0.39, 0.29) is 6.04 Å². The van der Waals surface area contributed by atoms with Crippen molar-refractivity contribution in [1.82, 2.24) is 0 Å². The maximum atomic E-state index is 6.20. The van der Waals surface area contributed by atoms with Gasteiger partial charge in [0.2, 0.25) is 0 Å². The summed E-state index contributed by atoms with van der Waals surface area (Å²) in [4.78, 5) is 1.21. The van der Waals surface area contributed by atoms with Gasteiger partial charge in [-0.05, 0) is 35.9 Å². The van der Waals surface area contributed by atoms with Crippen molar-refractivity contribution in [2.75, 3.05) is 0 Å². The maximum absolute atomic E-state index is 6.20. The van der Waals surface area contributed by atoms with Crippen molar-refractivity contribution < 1.29 is 0 Å². The molecule has 5 heteroatoms. The fourth-order valence-electron chi connectivity index (χ4n) is 1.59. The normalized spacial score (nSPS) is 12.7. The van der Waals surface area contributed by atoms with Gasteiger partial charge in [0, 0.05) is 26.3 Å². The van der Waals surface area contributed by atoms with E-state index in [1.807, 2.05) is 30.3 Å². The van der Waals surface area contributed by atoms with Gasteiger partial charge in [0.1, 0.15) is 0 Å². The highest BCUT2D eigenvalue weighted by Gasteiger charge is 2.10. The number of halogens is 3. The number of thiophene rings is 1. The molecule has 0 radical (unpaired) electrons. The van der Waals surface area contributed by atoms with Crippen LogP contribution in [0.1, 0.15) is 16.5 Å². The van der Waals surface area contributed by atoms with Crippen molar-refractivity contribution >= 4 is 54.8 Å². The smallest absolute Gasteiger partial charge is 0.0931 e. The van der Waals surface area contributed by atoms with Gasteiger partial charge in [-0.3, -0.25) is 0 Å². The molecule has 0 amide bonds. The molecule has 1 aromatic heterocycles. The summed E-state index contributed by atoms with van der Waals surface area (Å²) in [6, 6.07) is 10.0. The standard InChI is InChI=1S/C12H10Br2ClNS/c13-8-3-7(4-9(14)5-8)11(16)6-10-1-2-12(15)17-10/h1-5,11H,6,16H2. The Hall–Kier alpha value is 0.130. The molecule has 1 nitrogen and oxygen atoms in total. The van der Waals surface area contributed by atoms with Gasteiger partial charge in [0.25, 0.3) is 0 Å². The Balaban J connectivity index is 2.16. The van der Waals surface area contributed by atoms with E-state index in [1.54, 1.807) is 11.3 Å². The fraction of sp³-hybridized carbons (Fsp3) is 0.167. The summed E-state index contributed by atoms with van der Waals surface area (Å²) in [5.41, 5.74) is 7.30. The molecule has 0 saturated heterocycles. The molecular weight excluding hydrogens is 385 g/mol. The Morgan fingerprint density at radius 2 is 1.82 bits per heavy atom. The van der Waals surface area contributed by atoms with Crippen LogP contribution in [0, 0.1) is 0 Å². The zero-order valence-electron chi connectivity index (χ0n) is 8.79. The summed E-state index contributed by atoms with van der Waals surface area (Å²) in [6.07, 6.45) is 0.806. The molecule has 1 heterocycles. The average molecular weight is 396 g/mol. The summed E-state index contributed by atoms with van der Waals surface area (Å²) in [7, 11) is 0. The molecule has 17 heavy (non-hydrogen) atoms. The lowest BCUT2D eigenvalue weighted by Crippen LogP contribution is -2.12. The molecule has 0 aliphatic rings. The van der Waals surface area contributed by atoms with Crippen molar-refractivity contribution in [2.24, 2.45) is 5.73 Å². The third-order valence-corrected chi connectivity index (χ3v) is 4.53. The van der Waals surface area contributed by atoms with E-state index in [9.17, 15) is 0 Å². The predicted octanol–water partition coefficient (Wildman–Crippen LogP) is 5.17. The van der Waals surface area contributed by atoms with Gasteiger partial charge in [-0.1, -0.05) is 43.5 Å². The molecule has 1 aromatic carbocycles. The monoisotopic (exact) mass is 393 g/mol. The molecule has 2 N–H and O–H groups in total. The molecule has 0 spiro atoms. The summed E-state index contributed by atoms with van der Waals surface area (Å²) < 4.78 is 2.87. The van der Waals surface area contributed by atoms with Gasteiger partial charge in [0.15, 0.2) is 0 Å². The van der Waals surface area contributed by atoms with Gasteiger partial charge >= 0.3 is 0 Å². The van der Waals surface area contributed by atoms with Crippen LogP contribution in [0.25, 0.3) is 0 Å². The first-order chi connectivity index (χ1) is 8.04. The van der Waals surface area contributed by atoms with Crippen LogP contribution in [0.4, 0.5) is 0 Å². The minimum Gasteiger partial charge on any atom is -0.324 e. The fourth-order valence-corrected chi connectivity index (χ4v) is 4.06. The van der Waals surface area contributed by atoms with E-state index in [1.165, 1.54) is 4.88 Å². The molecule has 1 atom stereocenters. The van der Waals surface area contributed by atoms with Gasteiger partial charge in [-0.25, -0.2) is 0 Å². The molecule has 0 aliphatic carbocycles. The highest BCUT2D eigenvalue weighted by Crippen LogP contribution is 2.28. The van der Waals surface area contributed by atoms with Gasteiger partial charge < -0.3 is 5.73 Å². The summed E-state index contributed by atoms with van der Waals surface area (Å²) >= 11 is 14.4. The second-order valence-electron chi connectivity index (χ2n) is 3.72. The Morgan fingerprint density at radius 3 is 2.35 bits per heavy atom. The molecule has 0 aliphatic heterocycles. The van der Waals surface area contributed by atoms with E-state index >= 15 is 0 Å². The third-order valence-electron chi connectivity index (χ3n) is 2.36. The zero-order chi connectivity index (χ0) is 12.4. The van der Waals surface area contributed by atoms with Crippen LogP contribution in [0.3, 0.4) is 0 Å². The van der Waals surface area contributed by atoms with Crippen LogP contribution in [-0.4, -0.2) is 0 Å². The summed E-state index contributed by atoms with van der Waals surface area (Å²) in [5, 5.41) is 0. The SMILES string of the molecule is NC(Cc1ccc(Cl)s1)c1cc(Br)cc(Br)c1. The quantitative estimate of drug-likeness (QED) is 0.762. The Labute approximate surface area is 126 Å². The maximum Gasteiger partial charge on any atom is 0.0931 e. The van der Waals surface area contributed by atoms with Crippen LogP contribution < -0.4 is 5.73 Å². The van der Waals surface area contributed by atoms with Crippen molar-refractivity contribution in [1.29, 1.82) is 0 Å². The van der Waals surface area contributed by atoms with Gasteiger partial charge in [-0.15, -0.1) is 11.3 Å². The number of rotatable bonds is 3. The van der Waals surface area contributed by atoms with Crippen molar-refractivity contribution in [3.05, 3.63) is 54.1 Å². The van der Waals surface area contributed by atoms with Crippen molar-refractivity contribution in [3.63, 3.8) is 0 Å². The highest BCUT2D eigenvalue weighted by atomic mass is 79.9. The molecule has 1 unspecified atom stereocenters. The minimum atomic E-state index is -0.0153. The first-order valence-corrected chi connectivity index (χ1v) is 7.78. The minimum absolute atomic E-state index is 0.0153. The van der Waals surface area contributed by atoms with Gasteiger partial charge in [0.05, 0.1) is 4.34 Å². The van der Waals surface area contributed by atoms with Crippen molar-refractivity contribution in [3.8, 4) is 0 Å². The van der Waals surface area contributed by atoms with E-state index in [4.69, 9.17) is 17.3 Å². The Bertz CT molecular complexity index is 507. The third kappa shape index (κ3) is 3.80. The summed E-state index contributed by atoms with van der Waals surface area (Å²) in [6.45, 7) is 0. The van der Waals surface area contributed by atoms with Crippen molar-refractivity contribution in [2.45, 2.75) is 12.5 Å². The first-order valence-electron chi connectivity index (χ1n) is 5.00. The Morgan fingerprint density at radius 1 is 1.18 bits per heavy atom. The number of hydrogen-bond donors (Lipinski definition) is 1. The van der Waals surface area contributed by atoms with Crippen LogP contribution >= 0.6 is 54.8 Å². The predicted molar refractivity (Wildman–Crippen MR) is 81.8 cm³/mol. The van der Waals surface area contributed by atoms with E-state index in [2.05, 4.69) is 31.9 Å².